The number of nitrogens with one attached hydrogen (secondary N) is 1. The minimum absolute atomic E-state index is 0.158. The van der Waals surface area contributed by atoms with Crippen molar-refractivity contribution >= 4 is 23.4 Å². The molecule has 0 bridgehead atoms. The van der Waals surface area contributed by atoms with Gasteiger partial charge in [-0.15, -0.1) is 0 Å². The normalized spacial score (nSPS) is 15.1. The van der Waals surface area contributed by atoms with Crippen LogP contribution < -0.4 is 10.2 Å². The van der Waals surface area contributed by atoms with Crippen molar-refractivity contribution in [3.8, 4) is 0 Å². The fraction of sp³-hybridized carbons (Fsp3) is 0.278. The fourth-order valence-electron chi connectivity index (χ4n) is 2.76. The molecule has 0 atom stereocenters. The summed E-state index contributed by atoms with van der Waals surface area (Å²) in [5.74, 6) is -0.0323. The molecule has 1 saturated heterocycles. The summed E-state index contributed by atoms with van der Waals surface area (Å²) < 4.78 is 44.1. The van der Waals surface area contributed by atoms with Gasteiger partial charge in [-0.3, -0.25) is 4.79 Å². The van der Waals surface area contributed by atoms with Gasteiger partial charge in [-0.25, -0.2) is 0 Å². The molecule has 2 aromatic rings. The van der Waals surface area contributed by atoms with E-state index in [9.17, 15) is 18.0 Å². The molecule has 1 aliphatic heterocycles. The number of furan rings is 1. The van der Waals surface area contributed by atoms with Crippen molar-refractivity contribution in [3.63, 3.8) is 0 Å². The first-order valence-corrected chi connectivity index (χ1v) is 7.92. The van der Waals surface area contributed by atoms with Crippen LogP contribution in [0.2, 0.25) is 0 Å². The Morgan fingerprint density at radius 1 is 1.20 bits per heavy atom. The number of anilines is 2. The fourth-order valence-corrected chi connectivity index (χ4v) is 2.76. The van der Waals surface area contributed by atoms with Crippen LogP contribution in [0.3, 0.4) is 0 Å². The van der Waals surface area contributed by atoms with E-state index in [1.165, 1.54) is 24.5 Å². The van der Waals surface area contributed by atoms with Crippen LogP contribution in [0.5, 0.6) is 0 Å². The van der Waals surface area contributed by atoms with Crippen molar-refractivity contribution in [2.75, 3.05) is 23.3 Å². The number of hydrogen-bond donors (Lipinski definition) is 1. The monoisotopic (exact) mass is 350 g/mol. The van der Waals surface area contributed by atoms with Gasteiger partial charge in [0.05, 0.1) is 23.2 Å². The van der Waals surface area contributed by atoms with E-state index in [4.69, 9.17) is 4.42 Å². The molecule has 132 valence electrons. The second-order valence-corrected chi connectivity index (χ2v) is 5.76. The SMILES string of the molecule is O=C(C=Cc1ccco1)Nc1cc(C(F)(F)F)ccc1N1CCCC1. The maximum absolute atomic E-state index is 13.0. The van der Waals surface area contributed by atoms with Crippen LogP contribution in [0.1, 0.15) is 24.2 Å². The second-order valence-electron chi connectivity index (χ2n) is 5.76. The molecular formula is C18H17F3N2O2. The number of carbonyl (C=O) groups excluding carboxylic acids is 1. The van der Waals surface area contributed by atoms with Crippen LogP contribution in [0.4, 0.5) is 24.5 Å². The summed E-state index contributed by atoms with van der Waals surface area (Å²) in [6.07, 6.45) is 1.65. The summed E-state index contributed by atoms with van der Waals surface area (Å²) in [6.45, 7) is 1.52. The highest BCUT2D eigenvalue weighted by atomic mass is 19.4. The summed E-state index contributed by atoms with van der Waals surface area (Å²) in [7, 11) is 0. The Kier molecular flexibility index (Phi) is 4.83. The van der Waals surface area contributed by atoms with E-state index < -0.39 is 17.6 Å². The van der Waals surface area contributed by atoms with Crippen LogP contribution in [0.15, 0.2) is 47.1 Å². The molecule has 1 aliphatic rings. The summed E-state index contributed by atoms with van der Waals surface area (Å²) in [5.41, 5.74) is -0.0307. The first kappa shape index (κ1) is 17.1. The van der Waals surface area contributed by atoms with E-state index in [1.807, 2.05) is 4.90 Å². The third-order valence-electron chi connectivity index (χ3n) is 3.97. The van der Waals surface area contributed by atoms with Gasteiger partial charge in [0.2, 0.25) is 5.91 Å². The zero-order chi connectivity index (χ0) is 17.9. The van der Waals surface area contributed by atoms with Gasteiger partial charge < -0.3 is 14.6 Å². The average molecular weight is 350 g/mol. The maximum atomic E-state index is 13.0. The summed E-state index contributed by atoms with van der Waals surface area (Å²) in [5, 5.41) is 2.55. The van der Waals surface area contributed by atoms with Crippen LogP contribution in [-0.2, 0) is 11.0 Å². The Labute approximate surface area is 142 Å². The quantitative estimate of drug-likeness (QED) is 0.823. The predicted octanol–water partition coefficient (Wildman–Crippen LogP) is 4.55. The minimum Gasteiger partial charge on any atom is -0.465 e. The van der Waals surface area contributed by atoms with Crippen LogP contribution >= 0.6 is 0 Å². The number of rotatable bonds is 4. The van der Waals surface area contributed by atoms with Gasteiger partial charge in [0.25, 0.3) is 0 Å². The molecule has 2 heterocycles. The first-order chi connectivity index (χ1) is 11.9. The van der Waals surface area contributed by atoms with Crippen molar-refractivity contribution in [2.45, 2.75) is 19.0 Å². The highest BCUT2D eigenvalue weighted by molar-refractivity contribution is 6.03. The van der Waals surface area contributed by atoms with Gasteiger partial charge in [0, 0.05) is 19.2 Å². The van der Waals surface area contributed by atoms with Crippen molar-refractivity contribution in [2.24, 2.45) is 0 Å². The molecular weight excluding hydrogens is 333 g/mol. The molecule has 7 heteroatoms. The third-order valence-corrected chi connectivity index (χ3v) is 3.97. The van der Waals surface area contributed by atoms with E-state index in [0.29, 0.717) is 11.4 Å². The molecule has 0 spiro atoms. The molecule has 0 unspecified atom stereocenters. The molecule has 3 rings (SSSR count). The molecule has 1 fully saturated rings. The van der Waals surface area contributed by atoms with Gasteiger partial charge >= 0.3 is 6.18 Å². The maximum Gasteiger partial charge on any atom is 0.416 e. The molecule has 0 saturated carbocycles. The summed E-state index contributed by atoms with van der Waals surface area (Å²) in [4.78, 5) is 14.1. The van der Waals surface area contributed by atoms with E-state index >= 15 is 0 Å². The number of nitrogens with zero attached hydrogens (tertiary/aromatic N) is 1. The van der Waals surface area contributed by atoms with Crippen molar-refractivity contribution < 1.29 is 22.4 Å². The largest absolute Gasteiger partial charge is 0.465 e. The Morgan fingerprint density at radius 3 is 2.60 bits per heavy atom. The molecule has 1 amide bonds. The Bertz CT molecular complexity index is 761. The molecule has 1 aromatic heterocycles. The molecule has 25 heavy (non-hydrogen) atoms. The Hall–Kier alpha value is -2.70. The molecule has 1 N–H and O–H groups in total. The van der Waals surface area contributed by atoms with Crippen LogP contribution in [-0.4, -0.2) is 19.0 Å². The number of halogens is 3. The lowest BCUT2D eigenvalue weighted by Gasteiger charge is -2.22. The molecule has 4 nitrogen and oxygen atoms in total. The van der Waals surface area contributed by atoms with E-state index in [2.05, 4.69) is 5.32 Å². The molecule has 1 aromatic carbocycles. The van der Waals surface area contributed by atoms with Crippen LogP contribution in [0.25, 0.3) is 6.08 Å². The number of alkyl halides is 3. The van der Waals surface area contributed by atoms with E-state index in [-0.39, 0.29) is 5.69 Å². The summed E-state index contributed by atoms with van der Waals surface area (Å²) >= 11 is 0. The van der Waals surface area contributed by atoms with E-state index in [1.54, 1.807) is 12.1 Å². The smallest absolute Gasteiger partial charge is 0.416 e. The zero-order valence-corrected chi connectivity index (χ0v) is 13.3. The third kappa shape index (κ3) is 4.23. The number of benzene rings is 1. The lowest BCUT2D eigenvalue weighted by Crippen LogP contribution is -2.21. The van der Waals surface area contributed by atoms with Crippen molar-refractivity contribution in [1.82, 2.24) is 0 Å². The van der Waals surface area contributed by atoms with Gasteiger partial charge in [0.15, 0.2) is 0 Å². The van der Waals surface area contributed by atoms with Gasteiger partial charge in [-0.05, 0) is 49.2 Å². The Balaban J connectivity index is 1.84. The Morgan fingerprint density at radius 2 is 1.96 bits per heavy atom. The topological polar surface area (TPSA) is 45.5 Å². The second kappa shape index (κ2) is 7.04. The standard InChI is InChI=1S/C18H17F3N2O2/c19-18(20,21)13-5-7-16(23-9-1-2-10-23)15(12-13)22-17(24)8-6-14-4-3-11-25-14/h3-8,11-12H,1-2,9-10H2,(H,22,24). The first-order valence-electron chi connectivity index (χ1n) is 7.92. The van der Waals surface area contributed by atoms with Crippen molar-refractivity contribution in [1.29, 1.82) is 0 Å². The molecule has 0 aliphatic carbocycles. The molecule has 0 radical (unpaired) electrons. The number of amides is 1. The van der Waals surface area contributed by atoms with Gasteiger partial charge in [-0.1, -0.05) is 0 Å². The van der Waals surface area contributed by atoms with E-state index in [0.717, 1.165) is 38.1 Å². The van der Waals surface area contributed by atoms with Gasteiger partial charge in [0.1, 0.15) is 5.76 Å². The highest BCUT2D eigenvalue weighted by Gasteiger charge is 2.31. The van der Waals surface area contributed by atoms with Crippen molar-refractivity contribution in [3.05, 3.63) is 54.0 Å². The van der Waals surface area contributed by atoms with Gasteiger partial charge in [-0.2, -0.15) is 13.2 Å². The zero-order valence-electron chi connectivity index (χ0n) is 13.3. The number of carbonyl (C=O) groups is 1. The highest BCUT2D eigenvalue weighted by Crippen LogP contribution is 2.36. The summed E-state index contributed by atoms with van der Waals surface area (Å²) in [6, 6.07) is 6.79. The predicted molar refractivity (Wildman–Crippen MR) is 89.3 cm³/mol. The van der Waals surface area contributed by atoms with Crippen LogP contribution in [0, 0.1) is 0 Å². The average Bonchev–Trinajstić information content (AvgIpc) is 3.26. The lowest BCUT2D eigenvalue weighted by molar-refractivity contribution is -0.137. The number of hydrogen-bond acceptors (Lipinski definition) is 3. The minimum atomic E-state index is -4.47. The lowest BCUT2D eigenvalue weighted by atomic mass is 10.1.